The van der Waals surface area contributed by atoms with Gasteiger partial charge in [-0.15, -0.1) is 0 Å². The van der Waals surface area contributed by atoms with Crippen LogP contribution < -0.4 is 10.6 Å². The van der Waals surface area contributed by atoms with Crippen molar-refractivity contribution in [2.45, 2.75) is 19.9 Å². The summed E-state index contributed by atoms with van der Waals surface area (Å²) in [6, 6.07) is 20.2. The molecule has 5 nitrogen and oxygen atoms in total. The summed E-state index contributed by atoms with van der Waals surface area (Å²) >= 11 is 0. The van der Waals surface area contributed by atoms with Crippen molar-refractivity contribution in [3.8, 4) is 0 Å². The Labute approximate surface area is 158 Å². The van der Waals surface area contributed by atoms with E-state index in [-0.39, 0.29) is 11.8 Å². The first kappa shape index (κ1) is 18.3. The zero-order valence-corrected chi connectivity index (χ0v) is 15.1. The number of hydrogen-bond acceptors (Lipinski definition) is 3. The van der Waals surface area contributed by atoms with Crippen LogP contribution in [-0.2, 0) is 17.8 Å². The third kappa shape index (κ3) is 5.25. The molecule has 3 rings (SSSR count). The zero-order valence-electron chi connectivity index (χ0n) is 15.1. The van der Waals surface area contributed by atoms with Crippen LogP contribution in [0.25, 0.3) is 0 Å². The fraction of sp³-hybridized carbons (Fsp3) is 0.136. The third-order valence-corrected chi connectivity index (χ3v) is 4.18. The Morgan fingerprint density at radius 1 is 0.963 bits per heavy atom. The van der Waals surface area contributed by atoms with Crippen LogP contribution in [0.4, 0.5) is 5.69 Å². The average molecular weight is 359 g/mol. The van der Waals surface area contributed by atoms with Crippen LogP contribution in [0, 0.1) is 6.92 Å². The summed E-state index contributed by atoms with van der Waals surface area (Å²) in [7, 11) is 0. The molecule has 27 heavy (non-hydrogen) atoms. The minimum Gasteiger partial charge on any atom is -0.346 e. The first-order valence-electron chi connectivity index (χ1n) is 8.74. The Hall–Kier alpha value is -3.47. The molecule has 0 aliphatic carbocycles. The Morgan fingerprint density at radius 2 is 1.78 bits per heavy atom. The molecule has 2 aromatic carbocycles. The molecular weight excluding hydrogens is 338 g/mol. The molecule has 2 N–H and O–H groups in total. The number of aryl methyl sites for hydroxylation is 1. The van der Waals surface area contributed by atoms with Crippen LogP contribution in [-0.4, -0.2) is 16.8 Å². The summed E-state index contributed by atoms with van der Waals surface area (Å²) in [5.41, 5.74) is 3.93. The predicted octanol–water partition coefficient (Wildman–Crippen LogP) is 3.50. The van der Waals surface area contributed by atoms with Gasteiger partial charge in [0.15, 0.2) is 0 Å². The molecule has 3 aromatic rings. The van der Waals surface area contributed by atoms with Gasteiger partial charge < -0.3 is 10.6 Å². The van der Waals surface area contributed by atoms with E-state index in [0.29, 0.717) is 24.2 Å². The Morgan fingerprint density at radius 3 is 2.56 bits per heavy atom. The third-order valence-electron chi connectivity index (χ3n) is 4.18. The highest BCUT2D eigenvalue weighted by Crippen LogP contribution is 2.13. The molecular formula is C22H21N3O2. The van der Waals surface area contributed by atoms with E-state index in [2.05, 4.69) is 15.6 Å². The lowest BCUT2D eigenvalue weighted by molar-refractivity contribution is -0.115. The second kappa shape index (κ2) is 8.76. The van der Waals surface area contributed by atoms with E-state index < -0.39 is 0 Å². The number of hydrogen-bond donors (Lipinski definition) is 2. The van der Waals surface area contributed by atoms with Gasteiger partial charge >= 0.3 is 0 Å². The average Bonchev–Trinajstić information content (AvgIpc) is 2.69. The van der Waals surface area contributed by atoms with Gasteiger partial charge in [-0.1, -0.05) is 36.4 Å². The lowest BCUT2D eigenvalue weighted by Gasteiger charge is -2.09. The Balaban J connectivity index is 1.60. The van der Waals surface area contributed by atoms with Crippen molar-refractivity contribution < 1.29 is 9.59 Å². The van der Waals surface area contributed by atoms with Crippen molar-refractivity contribution in [3.63, 3.8) is 0 Å². The topological polar surface area (TPSA) is 71.1 Å². The van der Waals surface area contributed by atoms with E-state index in [4.69, 9.17) is 0 Å². The van der Waals surface area contributed by atoms with Crippen molar-refractivity contribution >= 4 is 17.5 Å². The highest BCUT2D eigenvalue weighted by molar-refractivity contribution is 5.97. The number of pyridine rings is 1. The van der Waals surface area contributed by atoms with Gasteiger partial charge in [-0.25, -0.2) is 0 Å². The molecule has 0 spiro atoms. The number of nitrogens with zero attached hydrogens (tertiary/aromatic N) is 1. The molecule has 0 saturated carbocycles. The molecule has 0 bridgehead atoms. The van der Waals surface area contributed by atoms with Crippen LogP contribution in [0.15, 0.2) is 72.9 Å². The molecule has 0 atom stereocenters. The predicted molar refractivity (Wildman–Crippen MR) is 105 cm³/mol. The first-order valence-corrected chi connectivity index (χ1v) is 8.74. The van der Waals surface area contributed by atoms with Crippen LogP contribution in [0.1, 0.15) is 27.2 Å². The van der Waals surface area contributed by atoms with Crippen molar-refractivity contribution in [1.82, 2.24) is 10.3 Å². The monoisotopic (exact) mass is 359 g/mol. The standard InChI is InChI=1S/C22H21N3O2/c1-16-7-2-3-8-17(16)14-21(26)25-19-11-6-9-18(13-19)22(27)24-15-20-10-4-5-12-23-20/h2-13H,14-15H2,1H3,(H,24,27)(H,25,26). The normalized spacial score (nSPS) is 10.3. The second-order valence-corrected chi connectivity index (χ2v) is 6.24. The summed E-state index contributed by atoms with van der Waals surface area (Å²) in [6.45, 7) is 2.33. The van der Waals surface area contributed by atoms with Crippen molar-refractivity contribution in [2.24, 2.45) is 0 Å². The number of nitrogens with one attached hydrogen (secondary N) is 2. The quantitative estimate of drug-likeness (QED) is 0.708. The maximum atomic E-state index is 12.3. The summed E-state index contributed by atoms with van der Waals surface area (Å²) < 4.78 is 0. The number of amides is 2. The summed E-state index contributed by atoms with van der Waals surface area (Å²) in [5, 5.41) is 5.68. The lowest BCUT2D eigenvalue weighted by Crippen LogP contribution is -2.23. The number of carbonyl (C=O) groups is 2. The molecule has 1 heterocycles. The molecule has 136 valence electrons. The van der Waals surface area contributed by atoms with Gasteiger partial charge in [0.2, 0.25) is 5.91 Å². The molecule has 0 fully saturated rings. The largest absolute Gasteiger partial charge is 0.346 e. The SMILES string of the molecule is Cc1ccccc1CC(=O)Nc1cccc(C(=O)NCc2ccccn2)c1. The minimum absolute atomic E-state index is 0.115. The molecule has 2 amide bonds. The molecule has 0 aliphatic heterocycles. The smallest absolute Gasteiger partial charge is 0.251 e. The van der Waals surface area contributed by atoms with Gasteiger partial charge in [0.1, 0.15) is 0 Å². The highest BCUT2D eigenvalue weighted by atomic mass is 16.2. The maximum Gasteiger partial charge on any atom is 0.251 e. The molecule has 0 unspecified atom stereocenters. The molecule has 1 aromatic heterocycles. The van der Waals surface area contributed by atoms with Crippen molar-refractivity contribution in [3.05, 3.63) is 95.3 Å². The van der Waals surface area contributed by atoms with Crippen molar-refractivity contribution in [2.75, 3.05) is 5.32 Å². The number of carbonyl (C=O) groups excluding carboxylic acids is 2. The summed E-state index contributed by atoms with van der Waals surface area (Å²) in [6.07, 6.45) is 1.98. The van der Waals surface area contributed by atoms with Gasteiger partial charge in [-0.3, -0.25) is 14.6 Å². The van der Waals surface area contributed by atoms with Gasteiger partial charge in [0.05, 0.1) is 18.7 Å². The molecule has 0 aliphatic rings. The van der Waals surface area contributed by atoms with Crippen LogP contribution in [0.5, 0.6) is 0 Å². The zero-order chi connectivity index (χ0) is 19.1. The van der Waals surface area contributed by atoms with Gasteiger partial charge in [-0.05, 0) is 48.4 Å². The van der Waals surface area contributed by atoms with E-state index in [1.807, 2.05) is 49.4 Å². The van der Waals surface area contributed by atoms with E-state index in [1.165, 1.54) is 0 Å². The number of benzene rings is 2. The van der Waals surface area contributed by atoms with Crippen LogP contribution in [0.3, 0.4) is 0 Å². The Kier molecular flexibility index (Phi) is 5.94. The van der Waals surface area contributed by atoms with E-state index in [1.54, 1.807) is 30.5 Å². The minimum atomic E-state index is -0.212. The fourth-order valence-corrected chi connectivity index (χ4v) is 2.70. The van der Waals surface area contributed by atoms with Gasteiger partial charge in [0.25, 0.3) is 5.91 Å². The summed E-state index contributed by atoms with van der Waals surface area (Å²) in [5.74, 6) is -0.328. The van der Waals surface area contributed by atoms with Gasteiger partial charge in [0, 0.05) is 17.4 Å². The van der Waals surface area contributed by atoms with E-state index in [9.17, 15) is 9.59 Å². The van der Waals surface area contributed by atoms with E-state index in [0.717, 1.165) is 16.8 Å². The molecule has 5 heteroatoms. The van der Waals surface area contributed by atoms with Crippen LogP contribution in [0.2, 0.25) is 0 Å². The van der Waals surface area contributed by atoms with Crippen molar-refractivity contribution in [1.29, 1.82) is 0 Å². The second-order valence-electron chi connectivity index (χ2n) is 6.24. The highest BCUT2D eigenvalue weighted by Gasteiger charge is 2.09. The first-order chi connectivity index (χ1) is 13.1. The van der Waals surface area contributed by atoms with E-state index >= 15 is 0 Å². The number of anilines is 1. The Bertz CT molecular complexity index is 939. The van der Waals surface area contributed by atoms with Crippen LogP contribution >= 0.6 is 0 Å². The van der Waals surface area contributed by atoms with Gasteiger partial charge in [-0.2, -0.15) is 0 Å². The maximum absolute atomic E-state index is 12.3. The molecule has 0 radical (unpaired) electrons. The summed E-state index contributed by atoms with van der Waals surface area (Å²) in [4.78, 5) is 28.8. The number of aromatic nitrogens is 1. The fourth-order valence-electron chi connectivity index (χ4n) is 2.70. The molecule has 0 saturated heterocycles. The number of rotatable bonds is 6. The lowest BCUT2D eigenvalue weighted by atomic mass is 10.1.